The number of nitriles is 1. The summed E-state index contributed by atoms with van der Waals surface area (Å²) in [5.41, 5.74) is 4.44. The van der Waals surface area contributed by atoms with Crippen LogP contribution in [0.15, 0.2) is 71.9 Å². The molecule has 4 aromatic heterocycles. The first-order chi connectivity index (χ1) is 29.7. The summed E-state index contributed by atoms with van der Waals surface area (Å²) in [5, 5.41) is 21.3. The zero-order valence-electron chi connectivity index (χ0n) is 35.6. The van der Waals surface area contributed by atoms with Crippen molar-refractivity contribution in [2.24, 2.45) is 13.0 Å². The van der Waals surface area contributed by atoms with Crippen LogP contribution in [0.5, 0.6) is 0 Å². The predicted molar refractivity (Wildman–Crippen MR) is 229 cm³/mol. The Kier molecular flexibility index (Phi) is 8.30. The van der Waals surface area contributed by atoms with E-state index in [9.17, 15) is 10.1 Å². The molecule has 12 nitrogen and oxygen atoms in total. The molecule has 0 spiro atoms. The van der Waals surface area contributed by atoms with Crippen molar-refractivity contribution >= 4 is 27.7 Å². The van der Waals surface area contributed by atoms with Gasteiger partial charge in [-0.1, -0.05) is 13.0 Å². The molecule has 2 saturated heterocycles. The van der Waals surface area contributed by atoms with E-state index in [2.05, 4.69) is 50.1 Å². The molecule has 3 aromatic carbocycles. The number of carbonyl (C=O) groups is 1. The van der Waals surface area contributed by atoms with E-state index in [1.165, 1.54) is 27.1 Å². The SMILES string of the molecule is Cc1cc(-n2nc3c(c2-n2ccn(-c4ccc5c(cnn5C)c4F)c2=O)[C@@H]2CC[C@H](C3)N2C(=O)c2cc3cc([C@H]4CCOC(C)(C)C4)ccc3n2[C@@]2(C#N)C[C@@H]2C)cc(C)c1F. The van der Waals surface area contributed by atoms with Crippen LogP contribution in [0.25, 0.3) is 39.0 Å². The van der Waals surface area contributed by atoms with Gasteiger partial charge in [0.15, 0.2) is 5.82 Å². The van der Waals surface area contributed by atoms with Crippen LogP contribution in [0.4, 0.5) is 8.78 Å². The third-order valence-corrected chi connectivity index (χ3v) is 14.3. The van der Waals surface area contributed by atoms with Gasteiger partial charge >= 0.3 is 5.69 Å². The quantitative estimate of drug-likeness (QED) is 0.166. The van der Waals surface area contributed by atoms with Crippen LogP contribution in [0, 0.1) is 42.7 Å². The van der Waals surface area contributed by atoms with Gasteiger partial charge in [-0.3, -0.25) is 18.6 Å². The third kappa shape index (κ3) is 5.49. The van der Waals surface area contributed by atoms with Crippen molar-refractivity contribution in [2.45, 2.75) is 102 Å². The van der Waals surface area contributed by atoms with Gasteiger partial charge in [-0.05, 0) is 131 Å². The molecular weight excluding hydrogens is 789 g/mol. The molecule has 1 saturated carbocycles. The number of amides is 1. The lowest BCUT2D eigenvalue weighted by Crippen LogP contribution is -2.43. The number of ether oxygens (including phenoxy) is 1. The van der Waals surface area contributed by atoms with Crippen LogP contribution in [0.1, 0.15) is 103 Å². The first-order valence-corrected chi connectivity index (χ1v) is 21.5. The minimum absolute atomic E-state index is 0.0578. The van der Waals surface area contributed by atoms with E-state index < -0.39 is 23.1 Å². The molecule has 62 heavy (non-hydrogen) atoms. The predicted octanol–water partition coefficient (Wildman–Crippen LogP) is 8.38. The number of hydrogen-bond acceptors (Lipinski definition) is 6. The minimum atomic E-state index is -0.854. The molecule has 11 rings (SSSR count). The second-order valence-corrected chi connectivity index (χ2v) is 18.7. The zero-order chi connectivity index (χ0) is 43.1. The van der Waals surface area contributed by atoms with Gasteiger partial charge in [0.05, 0.1) is 57.4 Å². The zero-order valence-corrected chi connectivity index (χ0v) is 35.6. The Labute approximate surface area is 356 Å². The molecule has 1 amide bonds. The number of carbonyl (C=O) groups excluding carboxylic acids is 1. The molecule has 1 aliphatic carbocycles. The second kappa shape index (κ2) is 13.3. The smallest absolute Gasteiger partial charge is 0.338 e. The van der Waals surface area contributed by atoms with Crippen LogP contribution in [-0.4, -0.2) is 62.3 Å². The summed E-state index contributed by atoms with van der Waals surface area (Å²) >= 11 is 0. The number of nitrogens with zero attached hydrogens (tertiary/aromatic N) is 9. The Morgan fingerprint density at radius 2 is 1.69 bits per heavy atom. The highest BCUT2D eigenvalue weighted by molar-refractivity contribution is 6.00. The van der Waals surface area contributed by atoms with E-state index in [-0.39, 0.29) is 40.4 Å². The maximum atomic E-state index is 16.1. The Morgan fingerprint density at radius 3 is 2.42 bits per heavy atom. The van der Waals surface area contributed by atoms with E-state index in [4.69, 9.17) is 9.84 Å². The van der Waals surface area contributed by atoms with Crippen molar-refractivity contribution in [3.8, 4) is 23.3 Å². The molecule has 316 valence electrons. The maximum absolute atomic E-state index is 16.1. The van der Waals surface area contributed by atoms with Crippen molar-refractivity contribution in [1.29, 1.82) is 5.26 Å². The Balaban J connectivity index is 1.06. The standard InChI is InChI=1S/C48H47F2N9O3/c1-26-17-33(18-27(2)42(26)49)59-44(56-15-14-55(46(56)61)39-12-11-37-34(43(39)50)24-52-54(37)6)41-35(53-59)21-32-8-10-38(41)57(32)45(60)40-20-31-19-29(30-13-16-62-47(4,5)23-30)7-9-36(31)58(40)48(25-51)22-28(48)3/h7,9,11-12,14-15,17-20,24,28,30,32,38H,8,10,13,16,21-23H2,1-6H3/t28-,30-,32+,38-,48+/m0/s1. The fourth-order valence-electron chi connectivity index (χ4n) is 11.1. The van der Waals surface area contributed by atoms with Gasteiger partial charge in [0.25, 0.3) is 5.91 Å². The van der Waals surface area contributed by atoms with Crippen molar-refractivity contribution in [2.75, 3.05) is 6.61 Å². The molecular formula is C48H47F2N9O3. The molecule has 3 aliphatic heterocycles. The topological polar surface area (TPSA) is 121 Å². The van der Waals surface area contributed by atoms with Gasteiger partial charge in [0.1, 0.15) is 22.9 Å². The van der Waals surface area contributed by atoms with Crippen molar-refractivity contribution in [1.82, 2.24) is 38.2 Å². The molecule has 3 fully saturated rings. The van der Waals surface area contributed by atoms with Gasteiger partial charge in [-0.25, -0.2) is 18.3 Å². The number of aromatic nitrogens is 7. The van der Waals surface area contributed by atoms with E-state index in [0.717, 1.165) is 41.4 Å². The normalized spacial score (nSPS) is 23.9. The van der Waals surface area contributed by atoms with E-state index in [1.807, 2.05) is 15.5 Å². The fourth-order valence-corrected chi connectivity index (χ4v) is 11.1. The summed E-state index contributed by atoms with van der Waals surface area (Å²) in [6.45, 7) is 10.4. The van der Waals surface area contributed by atoms with Gasteiger partial charge in [0, 0.05) is 49.5 Å². The molecule has 0 unspecified atom stereocenters. The number of benzene rings is 3. The second-order valence-electron chi connectivity index (χ2n) is 18.7. The summed E-state index contributed by atoms with van der Waals surface area (Å²) in [5.74, 6) is -0.303. The van der Waals surface area contributed by atoms with Crippen molar-refractivity contribution < 1.29 is 18.3 Å². The molecule has 7 aromatic rings. The van der Waals surface area contributed by atoms with E-state index >= 15 is 13.6 Å². The highest BCUT2D eigenvalue weighted by Gasteiger charge is 2.56. The largest absolute Gasteiger partial charge is 0.376 e. The number of fused-ring (bicyclic) bond motifs is 6. The summed E-state index contributed by atoms with van der Waals surface area (Å²) < 4.78 is 45.2. The van der Waals surface area contributed by atoms with Crippen LogP contribution < -0.4 is 5.69 Å². The lowest BCUT2D eigenvalue weighted by atomic mass is 9.83. The number of rotatable bonds is 6. The van der Waals surface area contributed by atoms with E-state index in [0.29, 0.717) is 65.6 Å². The lowest BCUT2D eigenvalue weighted by Gasteiger charge is -2.35. The van der Waals surface area contributed by atoms with Gasteiger partial charge in [-0.2, -0.15) is 15.5 Å². The highest BCUT2D eigenvalue weighted by atomic mass is 19.1. The number of aryl methyl sites for hydroxylation is 3. The first-order valence-electron chi connectivity index (χ1n) is 21.5. The Morgan fingerprint density at radius 1 is 0.952 bits per heavy atom. The molecule has 0 N–H and O–H groups in total. The summed E-state index contributed by atoms with van der Waals surface area (Å²) in [6.07, 6.45) is 8.78. The Bertz CT molecular complexity index is 3140. The Hall–Kier alpha value is -6.33. The van der Waals surface area contributed by atoms with Gasteiger partial charge in [0.2, 0.25) is 0 Å². The molecule has 0 radical (unpaired) electrons. The summed E-state index contributed by atoms with van der Waals surface area (Å²) in [7, 11) is 1.73. The number of halogens is 2. The maximum Gasteiger partial charge on any atom is 0.338 e. The average Bonchev–Trinajstić information content (AvgIpc) is 3.81. The van der Waals surface area contributed by atoms with Crippen LogP contribution in [-0.2, 0) is 23.7 Å². The monoisotopic (exact) mass is 835 g/mol. The van der Waals surface area contributed by atoms with Gasteiger partial charge < -0.3 is 14.2 Å². The van der Waals surface area contributed by atoms with Crippen molar-refractivity contribution in [3.63, 3.8) is 0 Å². The summed E-state index contributed by atoms with van der Waals surface area (Å²) in [6, 6.07) is 17.0. The third-order valence-electron chi connectivity index (χ3n) is 14.3. The molecule has 5 atom stereocenters. The average molecular weight is 836 g/mol. The first kappa shape index (κ1) is 38.6. The molecule has 4 aliphatic rings. The van der Waals surface area contributed by atoms with Crippen LogP contribution in [0.3, 0.4) is 0 Å². The van der Waals surface area contributed by atoms with Crippen LogP contribution >= 0.6 is 0 Å². The minimum Gasteiger partial charge on any atom is -0.376 e. The van der Waals surface area contributed by atoms with E-state index in [1.54, 1.807) is 60.7 Å². The van der Waals surface area contributed by atoms with Crippen LogP contribution in [0.2, 0.25) is 0 Å². The van der Waals surface area contributed by atoms with Gasteiger partial charge in [-0.15, -0.1) is 0 Å². The number of hydrogen-bond donors (Lipinski definition) is 0. The van der Waals surface area contributed by atoms with Crippen molar-refractivity contribution in [3.05, 3.63) is 123 Å². The summed E-state index contributed by atoms with van der Waals surface area (Å²) in [4.78, 5) is 32.1. The molecule has 2 bridgehead atoms. The highest BCUT2D eigenvalue weighted by Crippen LogP contribution is 2.54. The molecule has 7 heterocycles. The lowest BCUT2D eigenvalue weighted by molar-refractivity contribution is -0.0592. The molecule has 14 heteroatoms. The number of imidazole rings is 1. The fraction of sp³-hybridized carbons (Fsp3) is 0.396.